The van der Waals surface area contributed by atoms with E-state index in [1.54, 1.807) is 22.3 Å². The first kappa shape index (κ1) is 35.6. The summed E-state index contributed by atoms with van der Waals surface area (Å²) in [6.45, 7) is 9.83. The maximum atomic E-state index is 2.69. The van der Waals surface area contributed by atoms with Crippen LogP contribution in [0.15, 0.2) is 109 Å². The van der Waals surface area contributed by atoms with Gasteiger partial charge in [0.15, 0.2) is 0 Å². The van der Waals surface area contributed by atoms with Gasteiger partial charge in [0.2, 0.25) is 0 Å². The largest absolute Gasteiger partial charge is 0.310 e. The highest BCUT2D eigenvalue weighted by Gasteiger charge is 2.61. The van der Waals surface area contributed by atoms with E-state index in [1.807, 2.05) is 0 Å². The molecule has 5 aromatic rings. The van der Waals surface area contributed by atoms with Gasteiger partial charge < -0.3 is 4.90 Å². The van der Waals surface area contributed by atoms with Crippen LogP contribution in [-0.2, 0) is 21.7 Å². The zero-order chi connectivity index (χ0) is 39.5. The Labute approximate surface area is 354 Å². The minimum Gasteiger partial charge on any atom is -0.310 e. The van der Waals surface area contributed by atoms with Crippen LogP contribution in [0, 0.1) is 41.4 Å². The first-order valence-electron chi connectivity index (χ1n) is 24.0. The smallest absolute Gasteiger partial charge is 0.0465 e. The van der Waals surface area contributed by atoms with Crippen LogP contribution in [0.5, 0.6) is 0 Å². The van der Waals surface area contributed by atoms with Crippen molar-refractivity contribution >= 4 is 17.1 Å². The van der Waals surface area contributed by atoms with E-state index in [9.17, 15) is 0 Å². The number of rotatable bonds is 5. The molecule has 0 radical (unpaired) electrons. The highest BCUT2D eigenvalue weighted by molar-refractivity contribution is 5.87. The van der Waals surface area contributed by atoms with E-state index >= 15 is 0 Å². The third-order valence-corrected chi connectivity index (χ3v) is 18.9. The van der Waals surface area contributed by atoms with Gasteiger partial charge in [0.05, 0.1) is 0 Å². The van der Waals surface area contributed by atoms with Crippen LogP contribution in [0.25, 0.3) is 22.3 Å². The van der Waals surface area contributed by atoms with Crippen molar-refractivity contribution in [3.8, 4) is 22.3 Å². The molecule has 0 N–H and O–H groups in total. The fourth-order valence-electron chi connectivity index (χ4n) is 16.9. The SMILES string of the molecule is CC1(C)CCC(C)(C)c2c(-c3ccc(N(c4ccc(C56CC7CC(CC(C7)C5)C6)cc4)c4ccc5c(c4)C4(c6ccccc6-5)C5CC6CC(C5)CC4C6)cc3)cccc21. The lowest BCUT2D eigenvalue weighted by Gasteiger charge is -2.61. The predicted octanol–water partition coefficient (Wildman–Crippen LogP) is 15.4. The highest BCUT2D eigenvalue weighted by atomic mass is 15.1. The lowest BCUT2D eigenvalue weighted by atomic mass is 9.43. The van der Waals surface area contributed by atoms with Crippen LogP contribution in [0.4, 0.5) is 17.1 Å². The van der Waals surface area contributed by atoms with Gasteiger partial charge in [-0.2, -0.15) is 0 Å². The molecule has 0 atom stereocenters. The summed E-state index contributed by atoms with van der Waals surface area (Å²) in [6, 6.07) is 44.2. The zero-order valence-corrected chi connectivity index (χ0v) is 36.1. The predicted molar refractivity (Wildman–Crippen MR) is 245 cm³/mol. The number of anilines is 3. The molecule has 0 heterocycles. The average molecular weight is 774 g/mol. The first-order chi connectivity index (χ1) is 28.6. The van der Waals surface area contributed by atoms with Crippen LogP contribution >= 0.6 is 0 Å². The topological polar surface area (TPSA) is 3.24 Å². The molecule has 300 valence electrons. The van der Waals surface area contributed by atoms with Crippen molar-refractivity contribution in [1.82, 2.24) is 0 Å². The highest BCUT2D eigenvalue weighted by Crippen LogP contribution is 2.70. The first-order valence-corrected chi connectivity index (χ1v) is 24.0. The van der Waals surface area contributed by atoms with E-state index in [2.05, 4.69) is 142 Å². The summed E-state index contributed by atoms with van der Waals surface area (Å²) in [5.41, 5.74) is 18.5. The molecule has 10 aliphatic rings. The molecule has 5 aromatic carbocycles. The van der Waals surface area contributed by atoms with Crippen LogP contribution in [0.1, 0.15) is 139 Å². The summed E-state index contributed by atoms with van der Waals surface area (Å²) in [4.78, 5) is 2.62. The summed E-state index contributed by atoms with van der Waals surface area (Å²) >= 11 is 0. The molecule has 8 fully saturated rings. The van der Waals surface area contributed by atoms with Crippen LogP contribution in [0.2, 0.25) is 0 Å². The number of fused-ring (bicyclic) bond motifs is 4. The summed E-state index contributed by atoms with van der Waals surface area (Å²) in [7, 11) is 0. The summed E-state index contributed by atoms with van der Waals surface area (Å²) in [5, 5.41) is 0. The van der Waals surface area contributed by atoms with Gasteiger partial charge in [0.1, 0.15) is 0 Å². The molecule has 0 aromatic heterocycles. The third-order valence-electron chi connectivity index (χ3n) is 18.9. The second-order valence-electron chi connectivity index (χ2n) is 23.1. The minimum atomic E-state index is 0.153. The molecule has 8 saturated carbocycles. The number of nitrogens with zero attached hydrogens (tertiary/aromatic N) is 1. The van der Waals surface area contributed by atoms with Gasteiger partial charge in [-0.25, -0.2) is 0 Å². The number of hydrogen-bond acceptors (Lipinski definition) is 1. The number of hydrogen-bond donors (Lipinski definition) is 0. The minimum absolute atomic E-state index is 0.153. The van der Waals surface area contributed by atoms with Gasteiger partial charge in [-0.3, -0.25) is 0 Å². The van der Waals surface area contributed by atoms with Crippen molar-refractivity contribution in [3.63, 3.8) is 0 Å². The zero-order valence-electron chi connectivity index (χ0n) is 36.1. The molecular weight excluding hydrogens is 711 g/mol. The van der Waals surface area contributed by atoms with Gasteiger partial charge >= 0.3 is 0 Å². The molecule has 8 bridgehead atoms. The van der Waals surface area contributed by atoms with Crippen LogP contribution < -0.4 is 4.90 Å². The summed E-state index contributed by atoms with van der Waals surface area (Å²) < 4.78 is 0. The van der Waals surface area contributed by atoms with Crippen molar-refractivity contribution < 1.29 is 0 Å². The lowest BCUT2D eigenvalue weighted by molar-refractivity contribution is -0.0399. The van der Waals surface area contributed by atoms with Crippen molar-refractivity contribution in [2.24, 2.45) is 41.4 Å². The summed E-state index contributed by atoms with van der Waals surface area (Å²) in [5.74, 6) is 6.26. The third kappa shape index (κ3) is 5.03. The molecule has 0 amide bonds. The molecule has 0 unspecified atom stereocenters. The van der Waals surface area contributed by atoms with Gasteiger partial charge in [-0.15, -0.1) is 0 Å². The quantitative estimate of drug-likeness (QED) is 0.172. The number of benzene rings is 5. The average Bonchev–Trinajstić information content (AvgIpc) is 3.51. The maximum absolute atomic E-state index is 2.69. The molecule has 1 heteroatoms. The molecule has 10 aliphatic carbocycles. The molecule has 15 rings (SSSR count). The van der Waals surface area contributed by atoms with Gasteiger partial charge in [0.25, 0.3) is 0 Å². The molecular formula is C58H63N. The molecule has 0 saturated heterocycles. The van der Waals surface area contributed by atoms with E-state index in [-0.39, 0.29) is 16.2 Å². The summed E-state index contributed by atoms with van der Waals surface area (Å²) in [6.07, 6.45) is 18.3. The van der Waals surface area contributed by atoms with Crippen molar-refractivity contribution in [2.75, 3.05) is 4.90 Å². The van der Waals surface area contributed by atoms with Crippen LogP contribution in [0.3, 0.4) is 0 Å². The monoisotopic (exact) mass is 773 g/mol. The van der Waals surface area contributed by atoms with Gasteiger partial charge in [-0.1, -0.05) is 100 Å². The van der Waals surface area contributed by atoms with E-state index in [0.29, 0.717) is 5.41 Å². The fraction of sp³-hybridized carbons (Fsp3) is 0.483. The standard InChI is InChI=1S/C58H63N/c1-55(2)22-23-56(3,4)54-48(9-7-11-52(54)55)41-12-16-45(17-13-41)59(46-18-14-42(15-19-46)57-33-38-25-39(34-57)27-40(26-38)35-57)47-20-21-50-49-8-5-6-10-51(49)58(53(50)32-47)43-28-36-24-37(30-43)31-44(58)29-36/h5-21,32,36-40,43-44H,22-31,33-35H2,1-4H3. The fourth-order valence-corrected chi connectivity index (χ4v) is 16.9. The van der Waals surface area contributed by atoms with Crippen molar-refractivity contribution in [3.05, 3.63) is 137 Å². The normalized spacial score (nSPS) is 34.5. The van der Waals surface area contributed by atoms with Crippen molar-refractivity contribution in [1.29, 1.82) is 0 Å². The van der Waals surface area contributed by atoms with Crippen LogP contribution in [-0.4, -0.2) is 0 Å². The second-order valence-corrected chi connectivity index (χ2v) is 23.1. The van der Waals surface area contributed by atoms with Crippen molar-refractivity contribution in [2.45, 2.75) is 133 Å². The maximum Gasteiger partial charge on any atom is 0.0465 e. The van der Waals surface area contributed by atoms with E-state index in [4.69, 9.17) is 0 Å². The lowest BCUT2D eigenvalue weighted by Crippen LogP contribution is -2.55. The van der Waals surface area contributed by atoms with Gasteiger partial charge in [-0.05, 0) is 228 Å². The van der Waals surface area contributed by atoms with E-state index in [0.717, 1.165) is 41.4 Å². The Morgan fingerprint density at radius 1 is 0.441 bits per heavy atom. The Morgan fingerprint density at radius 3 is 1.63 bits per heavy atom. The Bertz CT molecular complexity index is 2430. The molecule has 0 aliphatic heterocycles. The molecule has 1 nitrogen and oxygen atoms in total. The Kier molecular flexibility index (Phi) is 7.41. The Balaban J connectivity index is 0.945. The van der Waals surface area contributed by atoms with E-state index in [1.165, 1.54) is 128 Å². The second kappa shape index (κ2) is 12.3. The van der Waals surface area contributed by atoms with E-state index < -0.39 is 0 Å². The molecule has 1 spiro atoms. The Hall–Kier alpha value is -4.10. The van der Waals surface area contributed by atoms with Gasteiger partial charge in [0, 0.05) is 22.5 Å². The Morgan fingerprint density at radius 2 is 0.966 bits per heavy atom. The molecule has 59 heavy (non-hydrogen) atoms.